The Kier molecular flexibility index (Phi) is 5.62. The van der Waals surface area contributed by atoms with E-state index in [1.807, 2.05) is 11.8 Å². The van der Waals surface area contributed by atoms with Crippen molar-refractivity contribution in [1.29, 1.82) is 0 Å². The second kappa shape index (κ2) is 7.29. The summed E-state index contributed by atoms with van der Waals surface area (Å²) < 4.78 is 51.7. The van der Waals surface area contributed by atoms with Crippen LogP contribution in [-0.2, 0) is 11.2 Å². The first kappa shape index (κ1) is 17.7. The third-order valence-corrected chi connectivity index (χ3v) is 4.17. The van der Waals surface area contributed by atoms with Crippen LogP contribution in [0.4, 0.5) is 17.6 Å². The lowest BCUT2D eigenvalue weighted by Gasteiger charge is -2.30. The summed E-state index contributed by atoms with van der Waals surface area (Å²) in [4.78, 5) is 14.7. The van der Waals surface area contributed by atoms with Gasteiger partial charge in [-0.3, -0.25) is 4.79 Å². The van der Waals surface area contributed by atoms with Gasteiger partial charge in [0, 0.05) is 25.7 Å². The third-order valence-electron chi connectivity index (χ3n) is 4.17. The Morgan fingerprint density at radius 3 is 2.70 bits per heavy atom. The number of halogens is 4. The van der Waals surface area contributed by atoms with Gasteiger partial charge in [-0.25, -0.2) is 4.39 Å². The minimum atomic E-state index is -4.89. The van der Waals surface area contributed by atoms with Crippen LogP contribution in [0.15, 0.2) is 24.3 Å². The van der Waals surface area contributed by atoms with E-state index in [2.05, 4.69) is 0 Å². The van der Waals surface area contributed by atoms with Gasteiger partial charge in [-0.1, -0.05) is 19.1 Å². The molecular formula is C16H20F4N2O. The molecule has 1 heterocycles. The third kappa shape index (κ3) is 4.67. The Balaban J connectivity index is 2.09. The number of rotatable bonds is 5. The van der Waals surface area contributed by atoms with E-state index in [1.54, 1.807) is 6.07 Å². The molecule has 0 saturated carbocycles. The fraction of sp³-hybridized carbons (Fsp3) is 0.562. The summed E-state index contributed by atoms with van der Waals surface area (Å²) >= 11 is 0. The number of alkyl halides is 3. The SMILES string of the molecule is CCN1CCC(N(CCc2cccc(F)c2)C(=O)C(F)(F)F)C1. The lowest BCUT2D eigenvalue weighted by molar-refractivity contribution is -0.187. The Bertz CT molecular complexity index is 547. The Labute approximate surface area is 132 Å². The highest BCUT2D eigenvalue weighted by Gasteiger charge is 2.45. The molecular weight excluding hydrogens is 312 g/mol. The molecule has 1 aliphatic heterocycles. The number of likely N-dealkylation sites (tertiary alicyclic amines) is 1. The second-order valence-corrected chi connectivity index (χ2v) is 5.71. The summed E-state index contributed by atoms with van der Waals surface area (Å²) in [7, 11) is 0. The molecule has 0 spiro atoms. The smallest absolute Gasteiger partial charge is 0.330 e. The monoisotopic (exact) mass is 332 g/mol. The molecule has 1 fully saturated rings. The van der Waals surface area contributed by atoms with E-state index in [0.29, 0.717) is 25.1 Å². The molecule has 1 atom stereocenters. The van der Waals surface area contributed by atoms with Gasteiger partial charge in [0.2, 0.25) is 0 Å². The van der Waals surface area contributed by atoms with Gasteiger partial charge < -0.3 is 9.80 Å². The molecule has 0 N–H and O–H groups in total. The van der Waals surface area contributed by atoms with E-state index < -0.39 is 23.9 Å². The standard InChI is InChI=1S/C16H20F4N2O/c1-2-21-8-7-14(11-21)22(15(23)16(18,19)20)9-6-12-4-3-5-13(17)10-12/h3-5,10,14H,2,6-9,11H2,1H3. The lowest BCUT2D eigenvalue weighted by atomic mass is 10.1. The molecule has 1 unspecified atom stereocenters. The van der Waals surface area contributed by atoms with Crippen molar-refractivity contribution >= 4 is 5.91 Å². The number of benzene rings is 1. The maximum atomic E-state index is 13.2. The van der Waals surface area contributed by atoms with E-state index in [1.165, 1.54) is 18.2 Å². The van der Waals surface area contributed by atoms with Crippen molar-refractivity contribution in [2.24, 2.45) is 0 Å². The molecule has 1 amide bonds. The fourth-order valence-electron chi connectivity index (χ4n) is 2.91. The Hall–Kier alpha value is -1.63. The Morgan fingerprint density at radius 1 is 1.39 bits per heavy atom. The first-order chi connectivity index (χ1) is 10.8. The predicted molar refractivity (Wildman–Crippen MR) is 78.4 cm³/mol. The molecule has 0 aromatic heterocycles. The van der Waals surface area contributed by atoms with Crippen LogP contribution in [0.1, 0.15) is 18.9 Å². The molecule has 0 aliphatic carbocycles. The molecule has 1 aromatic carbocycles. The van der Waals surface area contributed by atoms with Crippen molar-refractivity contribution < 1.29 is 22.4 Å². The zero-order valence-corrected chi connectivity index (χ0v) is 12.9. The highest BCUT2D eigenvalue weighted by atomic mass is 19.4. The van der Waals surface area contributed by atoms with Crippen LogP contribution in [0.3, 0.4) is 0 Å². The number of amides is 1. The first-order valence-corrected chi connectivity index (χ1v) is 7.66. The lowest BCUT2D eigenvalue weighted by Crippen LogP contribution is -2.49. The molecule has 3 nitrogen and oxygen atoms in total. The summed E-state index contributed by atoms with van der Waals surface area (Å²) in [5.41, 5.74) is 0.579. The summed E-state index contributed by atoms with van der Waals surface area (Å²) in [6.45, 7) is 3.74. The highest BCUT2D eigenvalue weighted by molar-refractivity contribution is 5.82. The number of carbonyl (C=O) groups excluding carboxylic acids is 1. The maximum Gasteiger partial charge on any atom is 0.471 e. The minimum absolute atomic E-state index is 0.0655. The van der Waals surface area contributed by atoms with E-state index in [-0.39, 0.29) is 13.0 Å². The number of likely N-dealkylation sites (N-methyl/N-ethyl adjacent to an activating group) is 1. The minimum Gasteiger partial charge on any atom is -0.330 e. The van der Waals surface area contributed by atoms with Crippen molar-refractivity contribution in [2.45, 2.75) is 32.0 Å². The molecule has 0 radical (unpaired) electrons. The maximum absolute atomic E-state index is 13.2. The summed E-state index contributed by atoms with van der Waals surface area (Å²) in [6, 6.07) is 5.26. The van der Waals surface area contributed by atoms with E-state index in [9.17, 15) is 22.4 Å². The van der Waals surface area contributed by atoms with E-state index in [4.69, 9.17) is 0 Å². The molecule has 2 rings (SSSR count). The summed E-state index contributed by atoms with van der Waals surface area (Å²) in [6.07, 6.45) is -4.16. The zero-order valence-electron chi connectivity index (χ0n) is 12.9. The van der Waals surface area contributed by atoms with Crippen molar-refractivity contribution in [3.05, 3.63) is 35.6 Å². The van der Waals surface area contributed by atoms with E-state index >= 15 is 0 Å². The molecule has 1 saturated heterocycles. The van der Waals surface area contributed by atoms with Crippen LogP contribution in [0.5, 0.6) is 0 Å². The van der Waals surface area contributed by atoms with Crippen LogP contribution < -0.4 is 0 Å². The number of hydrogen-bond donors (Lipinski definition) is 0. The molecule has 23 heavy (non-hydrogen) atoms. The van der Waals surface area contributed by atoms with Crippen LogP contribution in [0.25, 0.3) is 0 Å². The summed E-state index contributed by atoms with van der Waals surface area (Å²) in [5.74, 6) is -2.24. The largest absolute Gasteiger partial charge is 0.471 e. The van der Waals surface area contributed by atoms with Crippen molar-refractivity contribution in [2.75, 3.05) is 26.2 Å². The molecule has 7 heteroatoms. The highest BCUT2D eigenvalue weighted by Crippen LogP contribution is 2.24. The van der Waals surface area contributed by atoms with E-state index in [0.717, 1.165) is 11.4 Å². The van der Waals surface area contributed by atoms with Crippen molar-refractivity contribution in [3.8, 4) is 0 Å². The quantitative estimate of drug-likeness (QED) is 0.774. The normalized spacial score (nSPS) is 19.1. The van der Waals surface area contributed by atoms with Crippen molar-refractivity contribution in [1.82, 2.24) is 9.80 Å². The summed E-state index contributed by atoms with van der Waals surface area (Å²) in [5, 5.41) is 0. The predicted octanol–water partition coefficient (Wildman–Crippen LogP) is 2.85. The molecule has 1 aromatic rings. The zero-order chi connectivity index (χ0) is 17.0. The van der Waals surface area contributed by atoms with Gasteiger partial charge in [0.25, 0.3) is 0 Å². The number of hydrogen-bond acceptors (Lipinski definition) is 2. The Morgan fingerprint density at radius 2 is 2.13 bits per heavy atom. The van der Waals surface area contributed by atoms with Crippen LogP contribution >= 0.6 is 0 Å². The van der Waals surface area contributed by atoms with Crippen LogP contribution in [0, 0.1) is 5.82 Å². The first-order valence-electron chi connectivity index (χ1n) is 7.66. The van der Waals surface area contributed by atoms with Crippen LogP contribution in [-0.4, -0.2) is 54.1 Å². The van der Waals surface area contributed by atoms with Crippen LogP contribution in [0.2, 0.25) is 0 Å². The number of nitrogens with zero attached hydrogens (tertiary/aromatic N) is 2. The molecule has 0 bridgehead atoms. The van der Waals surface area contributed by atoms with Gasteiger partial charge in [-0.05, 0) is 37.1 Å². The van der Waals surface area contributed by atoms with Gasteiger partial charge in [0.1, 0.15) is 5.82 Å². The molecule has 1 aliphatic rings. The average Bonchev–Trinajstić information content (AvgIpc) is 2.95. The average molecular weight is 332 g/mol. The van der Waals surface area contributed by atoms with Gasteiger partial charge in [-0.2, -0.15) is 13.2 Å². The van der Waals surface area contributed by atoms with Gasteiger partial charge in [0.15, 0.2) is 0 Å². The topological polar surface area (TPSA) is 23.6 Å². The fourth-order valence-corrected chi connectivity index (χ4v) is 2.91. The van der Waals surface area contributed by atoms with Gasteiger partial charge in [0.05, 0.1) is 0 Å². The second-order valence-electron chi connectivity index (χ2n) is 5.71. The van der Waals surface area contributed by atoms with Gasteiger partial charge in [-0.15, -0.1) is 0 Å². The molecule has 128 valence electrons. The number of carbonyl (C=O) groups is 1. The van der Waals surface area contributed by atoms with Gasteiger partial charge >= 0.3 is 12.1 Å². The van der Waals surface area contributed by atoms with Crippen molar-refractivity contribution in [3.63, 3.8) is 0 Å².